The Morgan fingerprint density at radius 2 is 2.30 bits per heavy atom. The second-order valence-corrected chi connectivity index (χ2v) is 5.90. The highest BCUT2D eigenvalue weighted by molar-refractivity contribution is 6.64. The van der Waals surface area contributed by atoms with E-state index in [4.69, 9.17) is 19.8 Å². The van der Waals surface area contributed by atoms with Crippen molar-refractivity contribution in [2.75, 3.05) is 13.2 Å². The molecule has 1 aromatic rings. The number of rotatable bonds is 3. The van der Waals surface area contributed by atoms with Gasteiger partial charge in [0.25, 0.3) is 0 Å². The molecule has 0 bridgehead atoms. The molecular weight excluding hydrogens is 253 g/mol. The summed E-state index contributed by atoms with van der Waals surface area (Å²) in [5.74, 6) is 0.847. The lowest BCUT2D eigenvalue weighted by Gasteiger charge is -2.25. The fraction of sp³-hybridized carbons (Fsp3) is 0.467. The van der Waals surface area contributed by atoms with Crippen molar-refractivity contribution in [1.29, 1.82) is 0 Å². The molecule has 106 valence electrons. The second-order valence-electron chi connectivity index (χ2n) is 5.90. The quantitative estimate of drug-likeness (QED) is 0.666. The van der Waals surface area contributed by atoms with Crippen LogP contribution in [0.4, 0.5) is 0 Å². The molecule has 1 atom stereocenters. The summed E-state index contributed by atoms with van der Waals surface area (Å²) in [4.78, 5) is 0. The molecule has 1 aromatic carbocycles. The van der Waals surface area contributed by atoms with Crippen molar-refractivity contribution < 1.29 is 14.0 Å². The number of benzene rings is 1. The van der Waals surface area contributed by atoms with Crippen LogP contribution in [0, 0.1) is 0 Å². The van der Waals surface area contributed by atoms with Gasteiger partial charge in [0.2, 0.25) is 0 Å². The molecule has 2 heterocycles. The Balaban J connectivity index is 2.12. The SMILES string of the molecule is C=CCc1ccc2c3c1[C@@H](CN)OB3OC(C)(C)CO2. The summed E-state index contributed by atoms with van der Waals surface area (Å²) in [6, 6.07) is 4.07. The number of ether oxygens (including phenoxy) is 1. The Kier molecular flexibility index (Phi) is 3.36. The Labute approximate surface area is 120 Å². The van der Waals surface area contributed by atoms with E-state index in [1.807, 2.05) is 26.0 Å². The van der Waals surface area contributed by atoms with Gasteiger partial charge in [0.05, 0.1) is 11.7 Å². The highest BCUT2D eigenvalue weighted by atomic mass is 16.6. The summed E-state index contributed by atoms with van der Waals surface area (Å²) in [7, 11) is -0.393. The average Bonchev–Trinajstić information content (AvgIpc) is 2.70. The minimum atomic E-state index is -0.393. The molecule has 4 nitrogen and oxygen atoms in total. The van der Waals surface area contributed by atoms with Gasteiger partial charge in [0.1, 0.15) is 12.4 Å². The average molecular weight is 273 g/mol. The summed E-state index contributed by atoms with van der Waals surface area (Å²) >= 11 is 0. The maximum atomic E-state index is 6.06. The first kappa shape index (κ1) is 13.7. The van der Waals surface area contributed by atoms with E-state index < -0.39 is 7.12 Å². The first-order valence-electron chi connectivity index (χ1n) is 6.98. The summed E-state index contributed by atoms with van der Waals surface area (Å²) in [5.41, 5.74) is 8.78. The van der Waals surface area contributed by atoms with Crippen molar-refractivity contribution in [2.24, 2.45) is 5.73 Å². The Morgan fingerprint density at radius 1 is 1.50 bits per heavy atom. The van der Waals surface area contributed by atoms with Gasteiger partial charge in [-0.1, -0.05) is 12.1 Å². The maximum Gasteiger partial charge on any atom is 0.499 e. The summed E-state index contributed by atoms with van der Waals surface area (Å²) in [6.07, 6.45) is 2.54. The van der Waals surface area contributed by atoms with E-state index in [1.54, 1.807) is 0 Å². The van der Waals surface area contributed by atoms with E-state index in [0.717, 1.165) is 23.2 Å². The van der Waals surface area contributed by atoms with Gasteiger partial charge < -0.3 is 19.8 Å². The third-order valence-corrected chi connectivity index (χ3v) is 3.76. The van der Waals surface area contributed by atoms with E-state index in [2.05, 4.69) is 12.6 Å². The van der Waals surface area contributed by atoms with Gasteiger partial charge in [-0.05, 0) is 37.5 Å². The van der Waals surface area contributed by atoms with Crippen molar-refractivity contribution in [3.05, 3.63) is 35.9 Å². The zero-order valence-corrected chi connectivity index (χ0v) is 12.0. The van der Waals surface area contributed by atoms with Crippen LogP contribution in [0.25, 0.3) is 0 Å². The molecule has 2 aliphatic heterocycles. The molecule has 0 aliphatic carbocycles. The molecule has 0 unspecified atom stereocenters. The third kappa shape index (κ3) is 2.16. The van der Waals surface area contributed by atoms with Gasteiger partial charge in [-0.15, -0.1) is 6.58 Å². The number of hydrogen-bond donors (Lipinski definition) is 1. The van der Waals surface area contributed by atoms with Crippen LogP contribution in [-0.2, 0) is 15.7 Å². The first-order chi connectivity index (χ1) is 9.55. The molecular formula is C15H20BNO3. The van der Waals surface area contributed by atoms with Crippen molar-refractivity contribution in [3.63, 3.8) is 0 Å². The van der Waals surface area contributed by atoms with Gasteiger partial charge in [-0.3, -0.25) is 0 Å². The molecule has 20 heavy (non-hydrogen) atoms. The predicted octanol–water partition coefficient (Wildman–Crippen LogP) is 1.33. The van der Waals surface area contributed by atoms with Crippen LogP contribution in [0.2, 0.25) is 0 Å². The summed E-state index contributed by atoms with van der Waals surface area (Å²) in [5, 5.41) is 0. The Morgan fingerprint density at radius 3 is 3.00 bits per heavy atom. The van der Waals surface area contributed by atoms with Gasteiger partial charge in [-0.25, -0.2) is 0 Å². The van der Waals surface area contributed by atoms with E-state index in [1.165, 1.54) is 5.56 Å². The third-order valence-electron chi connectivity index (χ3n) is 3.76. The number of hydrogen-bond acceptors (Lipinski definition) is 4. The predicted molar refractivity (Wildman–Crippen MR) is 79.3 cm³/mol. The Bertz CT molecular complexity index is 544. The van der Waals surface area contributed by atoms with Crippen molar-refractivity contribution in [1.82, 2.24) is 0 Å². The molecule has 0 spiro atoms. The Hall–Kier alpha value is -1.30. The van der Waals surface area contributed by atoms with Crippen molar-refractivity contribution in [2.45, 2.75) is 32.0 Å². The van der Waals surface area contributed by atoms with Gasteiger partial charge in [0.15, 0.2) is 0 Å². The van der Waals surface area contributed by atoms with Crippen molar-refractivity contribution >= 4 is 12.6 Å². The molecule has 0 fully saturated rings. The highest BCUT2D eigenvalue weighted by Gasteiger charge is 2.46. The number of allylic oxidation sites excluding steroid dienone is 1. The molecule has 2 aliphatic rings. The summed E-state index contributed by atoms with van der Waals surface area (Å²) < 4.78 is 18.0. The molecule has 0 saturated carbocycles. The molecule has 0 radical (unpaired) electrons. The van der Waals surface area contributed by atoms with Crippen LogP contribution >= 0.6 is 0 Å². The minimum Gasteiger partial charge on any atom is -0.491 e. The molecule has 0 aromatic heterocycles. The van der Waals surface area contributed by atoms with Crippen LogP contribution in [0.1, 0.15) is 31.1 Å². The van der Waals surface area contributed by atoms with Gasteiger partial charge in [-0.2, -0.15) is 0 Å². The molecule has 0 amide bonds. The van der Waals surface area contributed by atoms with Gasteiger partial charge in [0, 0.05) is 12.0 Å². The molecule has 0 saturated heterocycles. The van der Waals surface area contributed by atoms with Crippen LogP contribution in [0.3, 0.4) is 0 Å². The van der Waals surface area contributed by atoms with E-state index in [0.29, 0.717) is 13.2 Å². The fourth-order valence-electron chi connectivity index (χ4n) is 2.86. The lowest BCUT2D eigenvalue weighted by molar-refractivity contribution is 0.0281. The smallest absolute Gasteiger partial charge is 0.491 e. The molecule has 5 heteroatoms. The van der Waals surface area contributed by atoms with Crippen molar-refractivity contribution in [3.8, 4) is 5.75 Å². The topological polar surface area (TPSA) is 53.7 Å². The maximum absolute atomic E-state index is 6.06. The second kappa shape index (κ2) is 4.92. The monoisotopic (exact) mass is 273 g/mol. The summed E-state index contributed by atoms with van der Waals surface area (Å²) in [6.45, 7) is 8.76. The minimum absolute atomic E-state index is 0.137. The zero-order chi connectivity index (χ0) is 14.3. The zero-order valence-electron chi connectivity index (χ0n) is 12.0. The van der Waals surface area contributed by atoms with E-state index in [9.17, 15) is 0 Å². The number of nitrogens with two attached hydrogens (primary N) is 1. The molecule has 2 N–H and O–H groups in total. The van der Waals surface area contributed by atoms with E-state index in [-0.39, 0.29) is 11.7 Å². The highest BCUT2D eigenvalue weighted by Crippen LogP contribution is 2.35. The largest absolute Gasteiger partial charge is 0.499 e. The normalized spacial score (nSPS) is 22.9. The van der Waals surface area contributed by atoms with Crippen LogP contribution in [0.5, 0.6) is 5.75 Å². The fourth-order valence-corrected chi connectivity index (χ4v) is 2.86. The standard InChI is InChI=1S/C15H20BNO3/c1-4-5-10-6-7-11-14-13(10)12(8-17)19-16(14)20-15(2,3)9-18-11/h4,6-7,12H,1,5,8-9,17H2,2-3H3/t12-/m1/s1. The van der Waals surface area contributed by atoms with Crippen LogP contribution in [0.15, 0.2) is 24.8 Å². The van der Waals surface area contributed by atoms with Crippen LogP contribution in [-0.4, -0.2) is 25.9 Å². The lowest BCUT2D eigenvalue weighted by atomic mass is 9.75. The van der Waals surface area contributed by atoms with E-state index >= 15 is 0 Å². The lowest BCUT2D eigenvalue weighted by Crippen LogP contribution is -2.40. The van der Waals surface area contributed by atoms with Crippen LogP contribution < -0.4 is 15.9 Å². The first-order valence-corrected chi connectivity index (χ1v) is 6.98. The van der Waals surface area contributed by atoms with Gasteiger partial charge >= 0.3 is 7.12 Å². The molecule has 3 rings (SSSR count).